The summed E-state index contributed by atoms with van der Waals surface area (Å²) in [5.74, 6) is -0.367. The van der Waals surface area contributed by atoms with Crippen molar-refractivity contribution in [2.45, 2.75) is 6.92 Å². The predicted octanol–water partition coefficient (Wildman–Crippen LogP) is 1.81. The number of pyridine rings is 1. The van der Waals surface area contributed by atoms with Crippen LogP contribution in [0.25, 0.3) is 0 Å². The molecule has 0 saturated heterocycles. The van der Waals surface area contributed by atoms with Crippen molar-refractivity contribution in [3.05, 3.63) is 45.6 Å². The van der Waals surface area contributed by atoms with Gasteiger partial charge in [0.25, 0.3) is 0 Å². The quantitative estimate of drug-likeness (QED) is 0.654. The zero-order valence-corrected chi connectivity index (χ0v) is 9.80. The Morgan fingerprint density at radius 3 is 2.82 bits per heavy atom. The number of anilines is 1. The molecule has 3 rings (SSSR count). The zero-order chi connectivity index (χ0) is 12.2. The lowest BCUT2D eigenvalue weighted by Gasteiger charge is -2.14. The minimum Gasteiger partial charge on any atom is -0.391 e. The molecule has 2 N–H and O–H groups in total. The molecule has 2 aromatic heterocycles. The van der Waals surface area contributed by atoms with Gasteiger partial charge in [-0.25, -0.2) is 0 Å². The predicted molar refractivity (Wildman–Crippen MR) is 64.6 cm³/mol. The van der Waals surface area contributed by atoms with Gasteiger partial charge in [0, 0.05) is 11.8 Å². The van der Waals surface area contributed by atoms with Gasteiger partial charge in [0.05, 0.1) is 15.4 Å². The Kier molecular flexibility index (Phi) is 1.94. The van der Waals surface area contributed by atoms with Crippen LogP contribution in [-0.4, -0.2) is 16.6 Å². The molecule has 0 spiro atoms. The van der Waals surface area contributed by atoms with Crippen LogP contribution in [0, 0.1) is 6.92 Å². The lowest BCUT2D eigenvalue weighted by atomic mass is 9.90. The summed E-state index contributed by atoms with van der Waals surface area (Å²) in [6.07, 6.45) is 1.54. The van der Waals surface area contributed by atoms with Crippen LogP contribution in [0.5, 0.6) is 0 Å². The molecule has 17 heavy (non-hydrogen) atoms. The largest absolute Gasteiger partial charge is 0.391 e. The molecule has 5 heteroatoms. The van der Waals surface area contributed by atoms with Crippen LogP contribution in [0.4, 0.5) is 5.00 Å². The van der Waals surface area contributed by atoms with E-state index in [1.807, 2.05) is 0 Å². The highest BCUT2D eigenvalue weighted by atomic mass is 32.1. The first-order valence-electron chi connectivity index (χ1n) is 5.04. The van der Waals surface area contributed by atoms with E-state index in [1.165, 1.54) is 0 Å². The van der Waals surface area contributed by atoms with Crippen molar-refractivity contribution in [2.75, 3.05) is 5.73 Å². The van der Waals surface area contributed by atoms with Crippen LogP contribution < -0.4 is 5.73 Å². The standard InChI is InChI=1S/C12H8N2O2S/c1-5-2-3-14-9-8(5)11(16)12-6(10(9)15)4-7(13)17-12/h2-4H,13H2,1H3. The highest BCUT2D eigenvalue weighted by molar-refractivity contribution is 7.18. The molecule has 0 aliphatic heterocycles. The number of nitrogens with zero attached hydrogens (tertiary/aromatic N) is 1. The van der Waals surface area contributed by atoms with E-state index in [1.54, 1.807) is 25.3 Å². The minimum atomic E-state index is -0.216. The summed E-state index contributed by atoms with van der Waals surface area (Å²) in [5.41, 5.74) is 7.44. The molecule has 0 saturated carbocycles. The first-order valence-corrected chi connectivity index (χ1v) is 5.85. The van der Waals surface area contributed by atoms with Gasteiger partial charge in [-0.05, 0) is 24.6 Å². The molecule has 4 nitrogen and oxygen atoms in total. The van der Waals surface area contributed by atoms with Gasteiger partial charge in [0.2, 0.25) is 11.6 Å². The Balaban J connectivity index is 2.36. The lowest BCUT2D eigenvalue weighted by Crippen LogP contribution is -2.21. The number of hydrogen-bond donors (Lipinski definition) is 1. The average molecular weight is 244 g/mol. The second-order valence-electron chi connectivity index (χ2n) is 3.90. The molecular formula is C12H8N2O2S. The molecule has 84 valence electrons. The molecule has 0 unspecified atom stereocenters. The molecule has 0 bridgehead atoms. The fourth-order valence-electron chi connectivity index (χ4n) is 2.01. The maximum Gasteiger partial charge on any atom is 0.213 e. The normalized spacial score (nSPS) is 13.5. The van der Waals surface area contributed by atoms with Crippen molar-refractivity contribution in [1.29, 1.82) is 0 Å². The zero-order valence-electron chi connectivity index (χ0n) is 8.98. The van der Waals surface area contributed by atoms with Gasteiger partial charge in [-0.15, -0.1) is 11.3 Å². The van der Waals surface area contributed by atoms with Crippen molar-refractivity contribution in [2.24, 2.45) is 0 Å². The van der Waals surface area contributed by atoms with E-state index in [0.29, 0.717) is 21.0 Å². The number of ketones is 2. The number of nitrogen functional groups attached to an aromatic ring is 1. The number of nitrogens with two attached hydrogens (primary N) is 1. The molecule has 0 amide bonds. The fourth-order valence-corrected chi connectivity index (χ4v) is 2.87. The molecule has 0 radical (unpaired) electrons. The Labute approximate surface area is 101 Å². The van der Waals surface area contributed by atoms with Gasteiger partial charge in [-0.1, -0.05) is 0 Å². The number of rotatable bonds is 0. The Morgan fingerprint density at radius 2 is 2.06 bits per heavy atom. The number of carbonyl (C=O) groups is 2. The molecule has 0 aromatic carbocycles. The Hall–Kier alpha value is -2.01. The topological polar surface area (TPSA) is 73.1 Å². The molecule has 2 heterocycles. The van der Waals surface area contributed by atoms with Gasteiger partial charge in [0.15, 0.2) is 0 Å². The molecule has 1 aliphatic rings. The van der Waals surface area contributed by atoms with E-state index in [0.717, 1.165) is 16.9 Å². The van der Waals surface area contributed by atoms with Crippen molar-refractivity contribution in [3.63, 3.8) is 0 Å². The number of fused-ring (bicyclic) bond motifs is 2. The number of aromatic nitrogens is 1. The van der Waals surface area contributed by atoms with Crippen LogP contribution in [0.3, 0.4) is 0 Å². The summed E-state index contributed by atoms with van der Waals surface area (Å²) in [6.45, 7) is 1.80. The van der Waals surface area contributed by atoms with Gasteiger partial charge in [-0.3, -0.25) is 14.6 Å². The second-order valence-corrected chi connectivity index (χ2v) is 4.99. The summed E-state index contributed by atoms with van der Waals surface area (Å²) in [6, 6.07) is 3.28. The Bertz CT molecular complexity index is 673. The van der Waals surface area contributed by atoms with Gasteiger partial charge in [0.1, 0.15) is 5.69 Å². The van der Waals surface area contributed by atoms with E-state index in [2.05, 4.69) is 4.98 Å². The molecular weight excluding hydrogens is 236 g/mol. The summed E-state index contributed by atoms with van der Waals surface area (Å²) < 4.78 is 0. The van der Waals surface area contributed by atoms with E-state index < -0.39 is 0 Å². The maximum absolute atomic E-state index is 12.3. The van der Waals surface area contributed by atoms with Crippen LogP contribution >= 0.6 is 11.3 Å². The Morgan fingerprint density at radius 1 is 1.29 bits per heavy atom. The monoisotopic (exact) mass is 244 g/mol. The van der Waals surface area contributed by atoms with E-state index in [9.17, 15) is 9.59 Å². The first kappa shape index (κ1) is 10.2. The van der Waals surface area contributed by atoms with Gasteiger partial charge < -0.3 is 5.73 Å². The third-order valence-electron chi connectivity index (χ3n) is 2.80. The van der Waals surface area contributed by atoms with Crippen molar-refractivity contribution in [1.82, 2.24) is 4.98 Å². The maximum atomic E-state index is 12.3. The number of hydrogen-bond acceptors (Lipinski definition) is 5. The first-order chi connectivity index (χ1) is 8.09. The average Bonchev–Trinajstić information content (AvgIpc) is 2.68. The van der Waals surface area contributed by atoms with Crippen molar-refractivity contribution >= 4 is 27.9 Å². The summed E-state index contributed by atoms with van der Waals surface area (Å²) >= 11 is 1.15. The molecule has 0 fully saturated rings. The SMILES string of the molecule is Cc1ccnc2c1C(=O)c1sc(N)cc1C2=O. The highest BCUT2D eigenvalue weighted by Gasteiger charge is 2.33. The third-order valence-corrected chi connectivity index (χ3v) is 3.77. The number of thiophene rings is 1. The van der Waals surface area contributed by atoms with Crippen molar-refractivity contribution < 1.29 is 9.59 Å². The number of aryl methyl sites for hydroxylation is 1. The molecule has 1 aliphatic carbocycles. The van der Waals surface area contributed by atoms with E-state index in [-0.39, 0.29) is 17.3 Å². The van der Waals surface area contributed by atoms with Gasteiger partial charge >= 0.3 is 0 Å². The van der Waals surface area contributed by atoms with Gasteiger partial charge in [-0.2, -0.15) is 0 Å². The van der Waals surface area contributed by atoms with Crippen LogP contribution in [-0.2, 0) is 0 Å². The number of carbonyl (C=O) groups excluding carboxylic acids is 2. The smallest absolute Gasteiger partial charge is 0.213 e. The van der Waals surface area contributed by atoms with Crippen LogP contribution in [0.15, 0.2) is 18.3 Å². The lowest BCUT2D eigenvalue weighted by molar-refractivity contribution is 0.0978. The van der Waals surface area contributed by atoms with E-state index in [4.69, 9.17) is 5.73 Å². The third kappa shape index (κ3) is 1.26. The van der Waals surface area contributed by atoms with Crippen LogP contribution in [0.2, 0.25) is 0 Å². The second kappa shape index (κ2) is 3.24. The van der Waals surface area contributed by atoms with Crippen molar-refractivity contribution in [3.8, 4) is 0 Å². The minimum absolute atomic E-state index is 0.151. The van der Waals surface area contributed by atoms with E-state index >= 15 is 0 Å². The molecule has 0 atom stereocenters. The summed E-state index contributed by atoms with van der Waals surface area (Å²) in [5, 5.41) is 0.474. The summed E-state index contributed by atoms with van der Waals surface area (Å²) in [7, 11) is 0. The molecule has 2 aromatic rings. The van der Waals surface area contributed by atoms with Crippen LogP contribution in [0.1, 0.15) is 36.9 Å². The summed E-state index contributed by atoms with van der Waals surface area (Å²) in [4.78, 5) is 28.8. The highest BCUT2D eigenvalue weighted by Crippen LogP contribution is 2.34. The fraction of sp³-hybridized carbons (Fsp3) is 0.0833.